The zero-order chi connectivity index (χ0) is 20.7. The van der Waals surface area contributed by atoms with Crippen LogP contribution in [0.5, 0.6) is 11.5 Å². The van der Waals surface area contributed by atoms with Gasteiger partial charge in [0.15, 0.2) is 11.5 Å². The van der Waals surface area contributed by atoms with Gasteiger partial charge in [-0.05, 0) is 42.8 Å². The Morgan fingerprint density at radius 1 is 0.966 bits per heavy atom. The van der Waals surface area contributed by atoms with Crippen LogP contribution in [0.2, 0.25) is 0 Å². The van der Waals surface area contributed by atoms with Gasteiger partial charge in [-0.2, -0.15) is 0 Å². The fraction of sp³-hybridized carbons (Fsp3) is 0.381. The predicted molar refractivity (Wildman–Crippen MR) is 111 cm³/mol. The number of fused-ring (bicyclic) bond motifs is 1. The number of hydrogen-bond donors (Lipinski definition) is 2. The highest BCUT2D eigenvalue weighted by Crippen LogP contribution is 2.32. The summed E-state index contributed by atoms with van der Waals surface area (Å²) in [6.45, 7) is 3.60. The number of anilines is 1. The maximum atomic E-state index is 12.6. The molecular formula is C21H26N2O5S. The highest BCUT2D eigenvalue weighted by molar-refractivity contribution is 7.92. The first-order valence-corrected chi connectivity index (χ1v) is 11.3. The molecule has 1 aliphatic heterocycles. The minimum Gasteiger partial charge on any atom is -0.486 e. The lowest BCUT2D eigenvalue weighted by atomic mass is 10.2. The normalized spacial score (nSPS) is 13.0. The average molecular weight is 419 g/mol. The van der Waals surface area contributed by atoms with Crippen molar-refractivity contribution in [1.29, 1.82) is 0 Å². The molecule has 0 saturated heterocycles. The number of ether oxygens (including phenoxy) is 2. The molecule has 0 bridgehead atoms. The highest BCUT2D eigenvalue weighted by atomic mass is 32.2. The molecule has 2 aromatic carbocycles. The highest BCUT2D eigenvalue weighted by Gasteiger charge is 2.19. The Morgan fingerprint density at radius 3 is 2.41 bits per heavy atom. The summed E-state index contributed by atoms with van der Waals surface area (Å²) in [6, 6.07) is 10.8. The Kier molecular flexibility index (Phi) is 6.98. The summed E-state index contributed by atoms with van der Waals surface area (Å²) in [4.78, 5) is 12.2. The van der Waals surface area contributed by atoms with Crippen LogP contribution >= 0.6 is 0 Å². The van der Waals surface area contributed by atoms with Gasteiger partial charge in [0.25, 0.3) is 15.9 Å². The predicted octanol–water partition coefficient (Wildman–Crippen LogP) is 3.57. The monoisotopic (exact) mass is 418 g/mol. The lowest BCUT2D eigenvalue weighted by Crippen LogP contribution is -2.24. The summed E-state index contributed by atoms with van der Waals surface area (Å²) >= 11 is 0. The second-order valence-corrected chi connectivity index (χ2v) is 8.49. The largest absolute Gasteiger partial charge is 0.486 e. The number of hydrogen-bond acceptors (Lipinski definition) is 5. The van der Waals surface area contributed by atoms with Gasteiger partial charge < -0.3 is 14.8 Å². The molecule has 0 aromatic heterocycles. The average Bonchev–Trinajstić information content (AvgIpc) is 2.73. The van der Waals surface area contributed by atoms with Crippen LogP contribution in [0.15, 0.2) is 47.4 Å². The molecule has 156 valence electrons. The smallest absolute Gasteiger partial charge is 0.262 e. The molecule has 1 aliphatic rings. The molecule has 0 fully saturated rings. The van der Waals surface area contributed by atoms with E-state index in [0.717, 1.165) is 25.7 Å². The molecule has 0 saturated carbocycles. The third kappa shape index (κ3) is 5.63. The van der Waals surface area contributed by atoms with Crippen molar-refractivity contribution >= 4 is 21.6 Å². The molecule has 1 heterocycles. The molecule has 1 amide bonds. The van der Waals surface area contributed by atoms with E-state index in [1.54, 1.807) is 30.3 Å². The number of unbranched alkanes of at least 4 members (excludes halogenated alkanes) is 3. The van der Waals surface area contributed by atoms with Crippen molar-refractivity contribution in [1.82, 2.24) is 5.32 Å². The first-order chi connectivity index (χ1) is 14.0. The second-order valence-electron chi connectivity index (χ2n) is 6.80. The molecule has 2 aromatic rings. The lowest BCUT2D eigenvalue weighted by Gasteiger charge is -2.19. The zero-order valence-corrected chi connectivity index (χ0v) is 17.3. The van der Waals surface area contributed by atoms with E-state index < -0.39 is 10.0 Å². The topological polar surface area (TPSA) is 93.7 Å². The number of carbonyl (C=O) groups excluding carboxylic acids is 1. The van der Waals surface area contributed by atoms with E-state index in [0.29, 0.717) is 42.5 Å². The van der Waals surface area contributed by atoms with Crippen LogP contribution in [0.25, 0.3) is 0 Å². The lowest BCUT2D eigenvalue weighted by molar-refractivity contribution is 0.0953. The van der Waals surface area contributed by atoms with Crippen LogP contribution in [0, 0.1) is 0 Å². The summed E-state index contributed by atoms with van der Waals surface area (Å²) in [5, 5.41) is 2.88. The third-order valence-electron chi connectivity index (χ3n) is 4.54. The number of benzene rings is 2. The molecule has 0 radical (unpaired) electrons. The second kappa shape index (κ2) is 9.65. The van der Waals surface area contributed by atoms with E-state index in [9.17, 15) is 13.2 Å². The number of rotatable bonds is 9. The van der Waals surface area contributed by atoms with Gasteiger partial charge in [-0.15, -0.1) is 0 Å². The van der Waals surface area contributed by atoms with Gasteiger partial charge in [0.05, 0.1) is 4.90 Å². The molecule has 0 atom stereocenters. The van der Waals surface area contributed by atoms with E-state index in [-0.39, 0.29) is 10.8 Å². The van der Waals surface area contributed by atoms with Gasteiger partial charge in [0, 0.05) is 23.9 Å². The van der Waals surface area contributed by atoms with Crippen LogP contribution in [0.4, 0.5) is 5.69 Å². The Bertz CT molecular complexity index is 942. The van der Waals surface area contributed by atoms with Crippen LogP contribution < -0.4 is 19.5 Å². The van der Waals surface area contributed by atoms with E-state index in [1.807, 2.05) is 0 Å². The minimum absolute atomic E-state index is 0.0793. The van der Waals surface area contributed by atoms with E-state index in [1.165, 1.54) is 12.1 Å². The fourth-order valence-electron chi connectivity index (χ4n) is 2.95. The van der Waals surface area contributed by atoms with Gasteiger partial charge in [0.2, 0.25) is 0 Å². The first kappa shape index (κ1) is 21.0. The summed E-state index contributed by atoms with van der Waals surface area (Å²) in [5.74, 6) is 0.771. The van der Waals surface area contributed by atoms with E-state index >= 15 is 0 Å². The van der Waals surface area contributed by atoms with Gasteiger partial charge in [-0.25, -0.2) is 8.42 Å². The van der Waals surface area contributed by atoms with E-state index in [4.69, 9.17) is 9.47 Å². The van der Waals surface area contributed by atoms with Gasteiger partial charge in [-0.3, -0.25) is 9.52 Å². The summed E-state index contributed by atoms with van der Waals surface area (Å²) < 4.78 is 38.7. The molecule has 3 rings (SSSR count). The van der Waals surface area contributed by atoms with Crippen LogP contribution in [0.3, 0.4) is 0 Å². The van der Waals surface area contributed by atoms with Crippen molar-refractivity contribution in [2.75, 3.05) is 24.5 Å². The van der Waals surface area contributed by atoms with Crippen LogP contribution in [-0.2, 0) is 10.0 Å². The Labute approximate surface area is 171 Å². The molecule has 8 heteroatoms. The Hall–Kier alpha value is -2.74. The van der Waals surface area contributed by atoms with Crippen molar-refractivity contribution < 1.29 is 22.7 Å². The molecule has 29 heavy (non-hydrogen) atoms. The first-order valence-electron chi connectivity index (χ1n) is 9.80. The van der Waals surface area contributed by atoms with Crippen molar-refractivity contribution in [3.8, 4) is 11.5 Å². The molecular weight excluding hydrogens is 392 g/mol. The van der Waals surface area contributed by atoms with E-state index in [2.05, 4.69) is 17.0 Å². The fourth-order valence-corrected chi connectivity index (χ4v) is 4.02. The summed E-state index contributed by atoms with van der Waals surface area (Å²) in [5.41, 5.74) is 0.863. The number of nitrogens with one attached hydrogen (secondary N) is 2. The maximum Gasteiger partial charge on any atom is 0.262 e. The SMILES string of the molecule is CCCCCCNC(=O)c1ccc(NS(=O)(=O)c2ccc3c(c2)OCCO3)cc1. The number of sulfonamides is 1. The molecule has 7 nitrogen and oxygen atoms in total. The van der Waals surface area contributed by atoms with Gasteiger partial charge in [0.1, 0.15) is 13.2 Å². The molecule has 0 aliphatic carbocycles. The maximum absolute atomic E-state index is 12.6. The van der Waals surface area contributed by atoms with Crippen LogP contribution in [0.1, 0.15) is 43.0 Å². The van der Waals surface area contributed by atoms with Crippen molar-refractivity contribution in [2.24, 2.45) is 0 Å². The standard InChI is InChI=1S/C21H26N2O5S/c1-2-3-4-5-12-22-21(24)16-6-8-17(9-7-16)23-29(25,26)18-10-11-19-20(15-18)28-14-13-27-19/h6-11,15,23H,2-5,12-14H2,1H3,(H,22,24). The van der Waals surface area contributed by atoms with Gasteiger partial charge in [-0.1, -0.05) is 26.2 Å². The molecule has 0 unspecified atom stereocenters. The Morgan fingerprint density at radius 2 is 1.69 bits per heavy atom. The van der Waals surface area contributed by atoms with Crippen molar-refractivity contribution in [3.05, 3.63) is 48.0 Å². The number of carbonyl (C=O) groups is 1. The quantitative estimate of drug-likeness (QED) is 0.607. The van der Waals surface area contributed by atoms with Gasteiger partial charge >= 0.3 is 0 Å². The summed E-state index contributed by atoms with van der Waals surface area (Å²) in [6.07, 6.45) is 4.36. The van der Waals surface area contributed by atoms with Crippen molar-refractivity contribution in [2.45, 2.75) is 37.5 Å². The minimum atomic E-state index is -3.79. The third-order valence-corrected chi connectivity index (χ3v) is 5.92. The Balaban J connectivity index is 1.60. The zero-order valence-electron chi connectivity index (χ0n) is 16.4. The molecule has 0 spiro atoms. The van der Waals surface area contributed by atoms with Crippen LogP contribution in [-0.4, -0.2) is 34.1 Å². The van der Waals surface area contributed by atoms with Crippen molar-refractivity contribution in [3.63, 3.8) is 0 Å². The molecule has 2 N–H and O–H groups in total. The summed E-state index contributed by atoms with van der Waals surface area (Å²) in [7, 11) is -3.79. The number of amides is 1.